The van der Waals surface area contributed by atoms with Gasteiger partial charge in [-0.15, -0.1) is 0 Å². The van der Waals surface area contributed by atoms with Crippen molar-refractivity contribution < 1.29 is 0 Å². The van der Waals surface area contributed by atoms with Crippen molar-refractivity contribution in [2.24, 2.45) is 0 Å². The highest BCUT2D eigenvalue weighted by Crippen LogP contribution is 2.12. The van der Waals surface area contributed by atoms with Gasteiger partial charge in [-0.3, -0.25) is 0 Å². The van der Waals surface area contributed by atoms with E-state index in [9.17, 15) is 0 Å². The summed E-state index contributed by atoms with van der Waals surface area (Å²) in [6.07, 6.45) is 1.83. The number of likely N-dealkylation sites (N-methyl/N-ethyl adjacent to an activating group) is 2. The van der Waals surface area contributed by atoms with E-state index in [4.69, 9.17) is 0 Å². The van der Waals surface area contributed by atoms with Crippen LogP contribution >= 0.6 is 0 Å². The second kappa shape index (κ2) is 6.68. The zero-order chi connectivity index (χ0) is 13.7. The van der Waals surface area contributed by atoms with Gasteiger partial charge in [0.2, 0.25) is 5.95 Å². The smallest absolute Gasteiger partial charge is 0.227 e. The Labute approximate surface area is 115 Å². The molecule has 1 aromatic rings. The largest absolute Gasteiger partial charge is 0.369 e. The van der Waals surface area contributed by atoms with Gasteiger partial charge in [0.1, 0.15) is 5.82 Å². The lowest BCUT2D eigenvalue weighted by Gasteiger charge is -2.32. The first kappa shape index (κ1) is 14.0. The Morgan fingerprint density at radius 1 is 1.26 bits per heavy atom. The van der Waals surface area contributed by atoms with E-state index < -0.39 is 0 Å². The standard InChI is InChI=1S/C13H24N6/c1-17(2)7-6-14-12-4-5-15-13(16-12)19-10-8-18(3)9-11-19/h4-5H,6-11H2,1-3H3,(H,14,15,16). The van der Waals surface area contributed by atoms with Crippen LogP contribution in [0.25, 0.3) is 0 Å². The first-order valence-corrected chi connectivity index (χ1v) is 6.80. The van der Waals surface area contributed by atoms with Gasteiger partial charge < -0.3 is 20.0 Å². The van der Waals surface area contributed by atoms with Crippen LogP contribution in [0.5, 0.6) is 0 Å². The number of nitrogens with zero attached hydrogens (tertiary/aromatic N) is 5. The fourth-order valence-electron chi connectivity index (χ4n) is 2.01. The van der Waals surface area contributed by atoms with Crippen molar-refractivity contribution in [3.8, 4) is 0 Å². The third-order valence-corrected chi connectivity index (χ3v) is 3.29. The van der Waals surface area contributed by atoms with Crippen molar-refractivity contribution in [1.82, 2.24) is 19.8 Å². The fourth-order valence-corrected chi connectivity index (χ4v) is 2.01. The zero-order valence-electron chi connectivity index (χ0n) is 12.1. The molecule has 1 aliphatic heterocycles. The van der Waals surface area contributed by atoms with E-state index >= 15 is 0 Å². The normalized spacial score (nSPS) is 16.9. The summed E-state index contributed by atoms with van der Waals surface area (Å²) in [5.74, 6) is 1.74. The molecular weight excluding hydrogens is 240 g/mol. The lowest BCUT2D eigenvalue weighted by atomic mass is 10.3. The molecule has 0 aliphatic carbocycles. The van der Waals surface area contributed by atoms with Crippen molar-refractivity contribution in [2.75, 3.05) is 70.6 Å². The molecule has 1 N–H and O–H groups in total. The second-order valence-electron chi connectivity index (χ2n) is 5.26. The molecule has 1 aromatic heterocycles. The molecule has 0 atom stereocenters. The van der Waals surface area contributed by atoms with Crippen LogP contribution in [0.15, 0.2) is 12.3 Å². The van der Waals surface area contributed by atoms with Crippen molar-refractivity contribution in [2.45, 2.75) is 0 Å². The maximum Gasteiger partial charge on any atom is 0.227 e. The third-order valence-electron chi connectivity index (χ3n) is 3.29. The topological polar surface area (TPSA) is 47.5 Å². The number of hydrogen-bond acceptors (Lipinski definition) is 6. The lowest BCUT2D eigenvalue weighted by Crippen LogP contribution is -2.45. The van der Waals surface area contributed by atoms with E-state index in [1.165, 1.54) is 0 Å². The molecule has 0 amide bonds. The minimum absolute atomic E-state index is 0.836. The van der Waals surface area contributed by atoms with Crippen LogP contribution in [0.4, 0.5) is 11.8 Å². The number of piperazine rings is 1. The third kappa shape index (κ3) is 4.33. The average Bonchev–Trinajstić information content (AvgIpc) is 2.39. The van der Waals surface area contributed by atoms with Crippen molar-refractivity contribution >= 4 is 11.8 Å². The summed E-state index contributed by atoms with van der Waals surface area (Å²) in [4.78, 5) is 15.7. The van der Waals surface area contributed by atoms with Gasteiger partial charge in [0.05, 0.1) is 0 Å². The number of anilines is 2. The second-order valence-corrected chi connectivity index (χ2v) is 5.26. The van der Waals surface area contributed by atoms with Gasteiger partial charge in [-0.25, -0.2) is 4.98 Å². The van der Waals surface area contributed by atoms with Crippen LogP contribution in [0.1, 0.15) is 0 Å². The maximum absolute atomic E-state index is 4.58. The molecule has 2 heterocycles. The minimum atomic E-state index is 0.836. The molecule has 0 spiro atoms. The first-order valence-electron chi connectivity index (χ1n) is 6.80. The van der Waals surface area contributed by atoms with Gasteiger partial charge in [-0.1, -0.05) is 0 Å². The minimum Gasteiger partial charge on any atom is -0.369 e. The Bertz CT molecular complexity index is 386. The molecular formula is C13H24N6. The average molecular weight is 264 g/mol. The van der Waals surface area contributed by atoms with Crippen LogP contribution in [-0.4, -0.2) is 80.2 Å². The van der Waals surface area contributed by atoms with Gasteiger partial charge in [0.25, 0.3) is 0 Å². The molecule has 0 saturated carbocycles. The van der Waals surface area contributed by atoms with Crippen molar-refractivity contribution in [3.05, 3.63) is 12.3 Å². The number of aromatic nitrogens is 2. The molecule has 1 fully saturated rings. The van der Waals surface area contributed by atoms with E-state index in [-0.39, 0.29) is 0 Å². The molecule has 0 unspecified atom stereocenters. The molecule has 6 heteroatoms. The summed E-state index contributed by atoms with van der Waals surface area (Å²) in [5.41, 5.74) is 0. The number of hydrogen-bond donors (Lipinski definition) is 1. The maximum atomic E-state index is 4.58. The molecule has 0 bridgehead atoms. The summed E-state index contributed by atoms with van der Waals surface area (Å²) >= 11 is 0. The molecule has 1 saturated heterocycles. The Hall–Kier alpha value is -1.40. The van der Waals surface area contributed by atoms with Gasteiger partial charge in [0, 0.05) is 45.5 Å². The SMILES string of the molecule is CN(C)CCNc1ccnc(N2CCN(C)CC2)n1. The van der Waals surface area contributed by atoms with E-state index in [1.807, 2.05) is 12.3 Å². The zero-order valence-corrected chi connectivity index (χ0v) is 12.1. The first-order chi connectivity index (χ1) is 9.15. The van der Waals surface area contributed by atoms with Crippen LogP contribution in [0, 0.1) is 0 Å². The van der Waals surface area contributed by atoms with E-state index in [2.05, 4.69) is 51.1 Å². The predicted molar refractivity (Wildman–Crippen MR) is 78.8 cm³/mol. The molecule has 6 nitrogen and oxygen atoms in total. The van der Waals surface area contributed by atoms with Gasteiger partial charge in [-0.05, 0) is 27.2 Å². The predicted octanol–water partition coefficient (Wildman–Crippen LogP) is 0.202. The van der Waals surface area contributed by atoms with E-state index in [1.54, 1.807) is 0 Å². The highest BCUT2D eigenvalue weighted by molar-refractivity contribution is 5.41. The molecule has 1 aliphatic rings. The van der Waals surface area contributed by atoms with Crippen molar-refractivity contribution in [1.29, 1.82) is 0 Å². The Morgan fingerprint density at radius 3 is 2.68 bits per heavy atom. The monoisotopic (exact) mass is 264 g/mol. The molecule has 2 rings (SSSR count). The Balaban J connectivity index is 1.91. The quantitative estimate of drug-likeness (QED) is 0.820. The van der Waals surface area contributed by atoms with E-state index in [0.29, 0.717) is 0 Å². The summed E-state index contributed by atoms with van der Waals surface area (Å²) < 4.78 is 0. The number of rotatable bonds is 5. The molecule has 0 radical (unpaired) electrons. The number of nitrogens with one attached hydrogen (secondary N) is 1. The Kier molecular flexibility index (Phi) is 4.93. The molecule has 19 heavy (non-hydrogen) atoms. The highest BCUT2D eigenvalue weighted by Gasteiger charge is 2.16. The molecule has 106 valence electrons. The van der Waals surface area contributed by atoms with Crippen molar-refractivity contribution in [3.63, 3.8) is 0 Å². The summed E-state index contributed by atoms with van der Waals surface area (Å²) in [6, 6.07) is 1.93. The highest BCUT2D eigenvalue weighted by atomic mass is 15.3. The summed E-state index contributed by atoms with van der Waals surface area (Å²) in [7, 11) is 6.28. The Morgan fingerprint density at radius 2 is 2.00 bits per heavy atom. The lowest BCUT2D eigenvalue weighted by molar-refractivity contribution is 0.311. The summed E-state index contributed by atoms with van der Waals surface area (Å²) in [6.45, 7) is 6.03. The van der Waals surface area contributed by atoms with E-state index in [0.717, 1.165) is 51.0 Å². The van der Waals surface area contributed by atoms with Gasteiger partial charge in [-0.2, -0.15) is 4.98 Å². The summed E-state index contributed by atoms with van der Waals surface area (Å²) in [5, 5.41) is 3.33. The van der Waals surface area contributed by atoms with Gasteiger partial charge >= 0.3 is 0 Å². The molecule has 0 aromatic carbocycles. The van der Waals surface area contributed by atoms with Crippen LogP contribution in [0.3, 0.4) is 0 Å². The van der Waals surface area contributed by atoms with Crippen LogP contribution < -0.4 is 10.2 Å². The van der Waals surface area contributed by atoms with Gasteiger partial charge in [0.15, 0.2) is 0 Å². The fraction of sp³-hybridized carbons (Fsp3) is 0.692. The van der Waals surface area contributed by atoms with Crippen LogP contribution in [-0.2, 0) is 0 Å². The van der Waals surface area contributed by atoms with Crippen LogP contribution in [0.2, 0.25) is 0 Å².